The fourth-order valence-electron chi connectivity index (χ4n) is 8.95. The van der Waals surface area contributed by atoms with E-state index in [1.165, 1.54) is 32.3 Å². The molecule has 12 rings (SSSR count). The van der Waals surface area contributed by atoms with Crippen LogP contribution in [0, 0.1) is 0 Å². The van der Waals surface area contributed by atoms with Gasteiger partial charge in [-0.25, -0.2) is 0 Å². The number of rotatable bonds is 6. The highest BCUT2D eigenvalue weighted by Crippen LogP contribution is 2.50. The molecule has 0 unspecified atom stereocenters. The van der Waals surface area contributed by atoms with Crippen LogP contribution >= 0.6 is 0 Å². The topological polar surface area (TPSA) is 32.8 Å². The monoisotopic (exact) mass is 729 g/mol. The lowest BCUT2D eigenvalue weighted by molar-refractivity contribution is 0.669. The molecule has 0 aliphatic rings. The third-order valence-electron chi connectivity index (χ3n) is 11.4. The van der Waals surface area contributed by atoms with Crippen LogP contribution in [0.15, 0.2) is 203 Å². The molecule has 0 amide bonds. The highest BCUT2D eigenvalue weighted by atomic mass is 16.3. The Bertz CT molecular complexity index is 3220. The van der Waals surface area contributed by atoms with Crippen molar-refractivity contribution in [1.82, 2.24) is 0 Å². The van der Waals surface area contributed by atoms with Gasteiger partial charge in [-0.1, -0.05) is 133 Å². The maximum Gasteiger partial charge on any atom is 0.159 e. The Morgan fingerprint density at radius 1 is 0.316 bits per heavy atom. The standard InChI is InChI=1S/C52H32N2O2.BH/c1-3-13-35(14-4-1)53(45-21-11-19-39-37-17-7-9-23-47(37)55-51(39)45)43-31-27-33-26-30-42-44(32-28-34-25-29-41(43)49(33)50(34)42)54(36-15-5-2-6-16-36)46-22-12-20-40-38-18-8-10-24-48(38)56-52(40)46;/h1-32H;1H/i;1D. The van der Waals surface area contributed by atoms with E-state index in [1.807, 2.05) is 24.3 Å². The lowest BCUT2D eigenvalue weighted by atomic mass is 9.91. The van der Waals surface area contributed by atoms with E-state index in [0.717, 1.165) is 78.0 Å². The van der Waals surface area contributed by atoms with Crippen molar-refractivity contribution in [2.75, 3.05) is 9.80 Å². The summed E-state index contributed by atoms with van der Waals surface area (Å²) in [5, 5.41) is 11.6. The van der Waals surface area contributed by atoms with E-state index in [4.69, 9.17) is 10.2 Å². The van der Waals surface area contributed by atoms with Gasteiger partial charge in [0, 0.05) is 52.1 Å². The molecule has 10 aromatic carbocycles. The number of furan rings is 2. The van der Waals surface area contributed by atoms with Crippen LogP contribution in [0.4, 0.5) is 34.1 Å². The first-order valence-electron chi connectivity index (χ1n) is 19.6. The lowest BCUT2D eigenvalue weighted by Gasteiger charge is -2.29. The average Bonchev–Trinajstić information content (AvgIpc) is 3.88. The minimum atomic E-state index is 0.865. The van der Waals surface area contributed by atoms with Crippen LogP contribution in [-0.4, -0.2) is 9.71 Å². The SMILES string of the molecule is [2H][B].c1ccc(N(c2ccc3ccc4c(N(c5ccccc5)c5cccc6c5oc5ccccc56)ccc5ccc2c3c54)c2cccc3c2oc2ccccc23)cc1. The lowest BCUT2D eigenvalue weighted by Crippen LogP contribution is -2.11. The molecule has 2 heterocycles. The van der Waals surface area contributed by atoms with Crippen LogP contribution in [0.5, 0.6) is 0 Å². The summed E-state index contributed by atoms with van der Waals surface area (Å²) in [6.45, 7) is 0. The molecule has 2 radical (unpaired) electrons. The van der Waals surface area contributed by atoms with Crippen molar-refractivity contribution < 1.29 is 8.83 Å². The molecule has 266 valence electrons. The summed E-state index contributed by atoms with van der Waals surface area (Å²) in [6, 6.07) is 68.9. The summed E-state index contributed by atoms with van der Waals surface area (Å²) in [7, 11) is 3.75. The number of para-hydroxylation sites is 6. The normalized spacial score (nSPS) is 11.8. The molecule has 2 aromatic heterocycles. The first kappa shape index (κ1) is 31.8. The molecule has 0 atom stereocenters. The van der Waals surface area contributed by atoms with E-state index in [2.05, 4.69) is 188 Å². The predicted octanol–water partition coefficient (Wildman–Crippen LogP) is 14.7. The molecule has 0 saturated heterocycles. The van der Waals surface area contributed by atoms with Crippen LogP contribution in [0.25, 0.3) is 76.2 Å². The van der Waals surface area contributed by atoms with Gasteiger partial charge in [-0.3, -0.25) is 0 Å². The number of hydrogen-bond donors (Lipinski definition) is 0. The fourth-order valence-corrected chi connectivity index (χ4v) is 8.95. The van der Waals surface area contributed by atoms with Crippen LogP contribution in [0.1, 0.15) is 0 Å². The van der Waals surface area contributed by atoms with E-state index in [-0.39, 0.29) is 0 Å². The zero-order valence-corrected chi connectivity index (χ0v) is 30.8. The predicted molar refractivity (Wildman–Crippen MR) is 241 cm³/mol. The third kappa shape index (κ3) is 4.89. The van der Waals surface area contributed by atoms with Crippen molar-refractivity contribution in [2.45, 2.75) is 0 Å². The van der Waals surface area contributed by atoms with E-state index in [0.29, 0.717) is 0 Å². The van der Waals surface area contributed by atoms with Crippen molar-refractivity contribution in [3.63, 3.8) is 0 Å². The Morgan fingerprint density at radius 2 is 0.702 bits per heavy atom. The van der Waals surface area contributed by atoms with Gasteiger partial charge < -0.3 is 18.6 Å². The molecular formula is C52H33BN2O2. The second-order valence-electron chi connectivity index (χ2n) is 14.4. The molecule has 0 bridgehead atoms. The van der Waals surface area contributed by atoms with Gasteiger partial charge >= 0.3 is 0 Å². The molecular weight excluding hydrogens is 695 g/mol. The summed E-state index contributed by atoms with van der Waals surface area (Å²) in [6.07, 6.45) is 0. The Morgan fingerprint density at radius 3 is 1.16 bits per heavy atom. The quantitative estimate of drug-likeness (QED) is 0.126. The van der Waals surface area contributed by atoms with Gasteiger partial charge in [0.25, 0.3) is 0 Å². The summed E-state index contributed by atoms with van der Waals surface area (Å²) >= 11 is 0. The summed E-state index contributed by atoms with van der Waals surface area (Å²) in [5.74, 6) is 0. The number of benzene rings is 10. The van der Waals surface area contributed by atoms with E-state index in [9.17, 15) is 0 Å². The molecule has 0 spiro atoms. The van der Waals surface area contributed by atoms with Gasteiger partial charge in [-0.15, -0.1) is 0 Å². The zero-order valence-electron chi connectivity index (χ0n) is 31.8. The second-order valence-corrected chi connectivity index (χ2v) is 14.4. The smallest absolute Gasteiger partial charge is 0.159 e. The Balaban J connectivity index is 0.00000190. The molecule has 12 aromatic rings. The van der Waals surface area contributed by atoms with Crippen molar-refractivity contribution in [1.29, 1.82) is 1.34 Å². The Labute approximate surface area is 331 Å². The third-order valence-corrected chi connectivity index (χ3v) is 11.4. The highest BCUT2D eigenvalue weighted by molar-refractivity contribution is 6.28. The summed E-state index contributed by atoms with van der Waals surface area (Å²) in [5.41, 5.74) is 9.78. The minimum absolute atomic E-state index is 0.865. The van der Waals surface area contributed by atoms with Gasteiger partial charge in [0.2, 0.25) is 0 Å². The van der Waals surface area contributed by atoms with Crippen molar-refractivity contribution in [3.8, 4) is 0 Å². The van der Waals surface area contributed by atoms with Crippen LogP contribution in [0.2, 0.25) is 0 Å². The maximum absolute atomic E-state index is 6.65. The van der Waals surface area contributed by atoms with E-state index >= 15 is 0 Å². The summed E-state index contributed by atoms with van der Waals surface area (Å²) < 4.78 is 18.6. The first-order valence-corrected chi connectivity index (χ1v) is 19.0. The highest BCUT2D eigenvalue weighted by Gasteiger charge is 2.25. The zero-order chi connectivity index (χ0) is 38.7. The number of nitrogens with zero attached hydrogens (tertiary/aromatic N) is 2. The Hall–Kier alpha value is -7.50. The van der Waals surface area contributed by atoms with E-state index in [1.54, 1.807) is 0 Å². The molecule has 0 N–H and O–H groups in total. The maximum atomic E-state index is 6.65. The number of hydrogen-bond acceptors (Lipinski definition) is 4. The van der Waals surface area contributed by atoms with Crippen LogP contribution in [0.3, 0.4) is 0 Å². The van der Waals surface area contributed by atoms with Gasteiger partial charge in [0.05, 0.1) is 22.7 Å². The van der Waals surface area contributed by atoms with Crippen LogP contribution < -0.4 is 9.80 Å². The molecule has 0 saturated carbocycles. The fraction of sp³-hybridized carbons (Fsp3) is 0. The van der Waals surface area contributed by atoms with Crippen molar-refractivity contribution in [2.24, 2.45) is 0 Å². The van der Waals surface area contributed by atoms with Crippen LogP contribution in [-0.2, 0) is 0 Å². The molecule has 0 aliphatic carbocycles. The van der Waals surface area contributed by atoms with Gasteiger partial charge in [0.15, 0.2) is 11.2 Å². The molecule has 57 heavy (non-hydrogen) atoms. The molecule has 0 fully saturated rings. The average molecular weight is 730 g/mol. The van der Waals surface area contributed by atoms with Crippen molar-refractivity contribution in [3.05, 3.63) is 194 Å². The Kier molecular flexibility index (Phi) is 7.14. The second kappa shape index (κ2) is 12.8. The minimum Gasteiger partial charge on any atom is -0.454 e. The number of anilines is 6. The first-order chi connectivity index (χ1) is 28.8. The van der Waals surface area contributed by atoms with Crippen molar-refractivity contribution >= 4 is 119 Å². The largest absolute Gasteiger partial charge is 0.454 e. The molecule has 4 nitrogen and oxygen atoms in total. The van der Waals surface area contributed by atoms with Gasteiger partial charge in [0.1, 0.15) is 11.2 Å². The molecule has 5 heteroatoms. The van der Waals surface area contributed by atoms with Gasteiger partial charge in [-0.05, 0) is 83.5 Å². The van der Waals surface area contributed by atoms with E-state index < -0.39 is 0 Å². The number of fused-ring (bicyclic) bond motifs is 6. The summed E-state index contributed by atoms with van der Waals surface area (Å²) in [4.78, 5) is 4.71. The van der Waals surface area contributed by atoms with Gasteiger partial charge in [-0.2, -0.15) is 0 Å². The molecule has 0 aliphatic heterocycles.